The fraction of sp³-hybridized carbons (Fsp3) is 0.500. The van der Waals surface area contributed by atoms with Crippen molar-refractivity contribution in [1.82, 2.24) is 20.4 Å². The van der Waals surface area contributed by atoms with Crippen LogP contribution in [0.2, 0.25) is 0 Å². The van der Waals surface area contributed by atoms with Crippen LogP contribution in [0, 0.1) is 11.8 Å². The van der Waals surface area contributed by atoms with Gasteiger partial charge in [0.25, 0.3) is 5.89 Å². The van der Waals surface area contributed by atoms with Crippen LogP contribution in [0.3, 0.4) is 0 Å². The molecule has 1 aromatic carbocycles. The largest absolute Gasteiger partial charge is 0.334 e. The van der Waals surface area contributed by atoms with Gasteiger partial charge in [0, 0.05) is 12.1 Å². The summed E-state index contributed by atoms with van der Waals surface area (Å²) in [4.78, 5) is 6.98. The van der Waals surface area contributed by atoms with Gasteiger partial charge in [0.15, 0.2) is 5.82 Å². The van der Waals surface area contributed by atoms with Crippen LogP contribution in [0.1, 0.15) is 12.2 Å². The molecule has 0 spiro atoms. The number of hydrogen-bond donors (Lipinski definition) is 1. The lowest BCUT2D eigenvalue weighted by Gasteiger charge is -2.33. The zero-order chi connectivity index (χ0) is 14.1. The average molecular weight is 321 g/mol. The Kier molecular flexibility index (Phi) is 4.76. The molecule has 0 amide bonds. The lowest BCUT2D eigenvalue weighted by molar-refractivity contribution is 0.138. The van der Waals surface area contributed by atoms with Gasteiger partial charge in [-0.3, -0.25) is 4.90 Å². The van der Waals surface area contributed by atoms with Crippen molar-refractivity contribution in [2.45, 2.75) is 13.0 Å². The first kappa shape index (κ1) is 15.5. The first-order valence-electron chi connectivity index (χ1n) is 7.69. The van der Waals surface area contributed by atoms with Crippen molar-refractivity contribution in [1.29, 1.82) is 0 Å². The molecule has 0 bridgehead atoms. The third-order valence-corrected chi connectivity index (χ3v) is 4.64. The highest BCUT2D eigenvalue weighted by atomic mass is 35.5. The fourth-order valence-electron chi connectivity index (χ4n) is 3.47. The molecule has 2 unspecified atom stereocenters. The highest BCUT2D eigenvalue weighted by Crippen LogP contribution is 2.27. The Hall–Kier alpha value is -1.43. The van der Waals surface area contributed by atoms with E-state index in [1.165, 1.54) is 13.0 Å². The predicted molar refractivity (Wildman–Crippen MR) is 86.7 cm³/mol. The van der Waals surface area contributed by atoms with Crippen LogP contribution in [-0.2, 0) is 6.54 Å². The topological polar surface area (TPSA) is 54.2 Å². The number of piperidine rings is 1. The third kappa shape index (κ3) is 3.16. The van der Waals surface area contributed by atoms with Crippen LogP contribution >= 0.6 is 12.4 Å². The number of rotatable bonds is 3. The summed E-state index contributed by atoms with van der Waals surface area (Å²) in [5.41, 5.74) is 0.981. The van der Waals surface area contributed by atoms with Crippen molar-refractivity contribution in [3.05, 3.63) is 36.2 Å². The molecule has 2 fully saturated rings. The molecular formula is C16H21ClN4O. The maximum Gasteiger partial charge on any atom is 0.257 e. The first-order chi connectivity index (χ1) is 10.4. The van der Waals surface area contributed by atoms with Gasteiger partial charge >= 0.3 is 0 Å². The standard InChI is InChI=1S/C16H20N4O.ClH/c1-2-4-12(5-3-1)16-18-15(19-21-16)11-20-7-6-13-8-17-9-14(13)10-20;/h1-5,13-14,17H,6-11H2;1H. The van der Waals surface area contributed by atoms with E-state index in [9.17, 15) is 0 Å². The molecule has 4 rings (SSSR count). The summed E-state index contributed by atoms with van der Waals surface area (Å²) >= 11 is 0. The molecule has 0 aliphatic carbocycles. The maximum atomic E-state index is 5.38. The van der Waals surface area contributed by atoms with Crippen molar-refractivity contribution < 1.29 is 4.52 Å². The molecule has 1 N–H and O–H groups in total. The van der Waals surface area contributed by atoms with E-state index >= 15 is 0 Å². The Balaban J connectivity index is 0.00000144. The van der Waals surface area contributed by atoms with Gasteiger partial charge in [-0.1, -0.05) is 23.4 Å². The van der Waals surface area contributed by atoms with Gasteiger partial charge in [0.05, 0.1) is 6.54 Å². The van der Waals surface area contributed by atoms with Crippen molar-refractivity contribution >= 4 is 12.4 Å². The molecular weight excluding hydrogens is 300 g/mol. The summed E-state index contributed by atoms with van der Waals surface area (Å²) in [6, 6.07) is 9.94. The van der Waals surface area contributed by atoms with Crippen LogP contribution in [0.4, 0.5) is 0 Å². The number of aromatic nitrogens is 2. The minimum absolute atomic E-state index is 0. The molecule has 0 saturated carbocycles. The Labute approximate surface area is 136 Å². The molecule has 2 aromatic rings. The predicted octanol–water partition coefficient (Wildman–Crippen LogP) is 2.20. The molecule has 22 heavy (non-hydrogen) atoms. The van der Waals surface area contributed by atoms with Crippen LogP contribution in [-0.4, -0.2) is 41.2 Å². The molecule has 3 heterocycles. The van der Waals surface area contributed by atoms with Crippen molar-refractivity contribution in [2.24, 2.45) is 11.8 Å². The summed E-state index contributed by atoms with van der Waals surface area (Å²) in [5.74, 6) is 3.06. The molecule has 5 nitrogen and oxygen atoms in total. The summed E-state index contributed by atoms with van der Waals surface area (Å²) in [5, 5.41) is 7.63. The highest BCUT2D eigenvalue weighted by Gasteiger charge is 2.33. The molecule has 2 aliphatic rings. The normalized spacial score (nSPS) is 24.7. The number of fused-ring (bicyclic) bond motifs is 1. The van der Waals surface area contributed by atoms with Crippen LogP contribution in [0.5, 0.6) is 0 Å². The van der Waals surface area contributed by atoms with Gasteiger partial charge in [-0.05, 0) is 50.0 Å². The van der Waals surface area contributed by atoms with Crippen molar-refractivity contribution in [3.63, 3.8) is 0 Å². The Morgan fingerprint density at radius 2 is 2.00 bits per heavy atom. The zero-order valence-corrected chi connectivity index (χ0v) is 13.3. The summed E-state index contributed by atoms with van der Waals surface area (Å²) < 4.78 is 5.38. The second kappa shape index (κ2) is 6.77. The van der Waals surface area contributed by atoms with E-state index < -0.39 is 0 Å². The molecule has 118 valence electrons. The quantitative estimate of drug-likeness (QED) is 0.939. The number of halogens is 1. The third-order valence-electron chi connectivity index (χ3n) is 4.64. The van der Waals surface area contributed by atoms with Crippen LogP contribution in [0.15, 0.2) is 34.9 Å². The molecule has 6 heteroatoms. The van der Waals surface area contributed by atoms with Crippen molar-refractivity contribution in [2.75, 3.05) is 26.2 Å². The van der Waals surface area contributed by atoms with Crippen LogP contribution in [0.25, 0.3) is 11.5 Å². The number of hydrogen-bond acceptors (Lipinski definition) is 5. The minimum atomic E-state index is 0. The van der Waals surface area contributed by atoms with Gasteiger partial charge in [-0.2, -0.15) is 4.98 Å². The van der Waals surface area contributed by atoms with E-state index in [2.05, 4.69) is 20.4 Å². The van der Waals surface area contributed by atoms with Gasteiger partial charge in [-0.15, -0.1) is 12.4 Å². The second-order valence-corrected chi connectivity index (χ2v) is 6.08. The number of nitrogens with zero attached hydrogens (tertiary/aromatic N) is 3. The van der Waals surface area contributed by atoms with Gasteiger partial charge < -0.3 is 9.84 Å². The van der Waals surface area contributed by atoms with E-state index in [0.29, 0.717) is 5.89 Å². The van der Waals surface area contributed by atoms with E-state index in [4.69, 9.17) is 4.52 Å². The second-order valence-electron chi connectivity index (χ2n) is 6.08. The highest BCUT2D eigenvalue weighted by molar-refractivity contribution is 5.85. The minimum Gasteiger partial charge on any atom is -0.334 e. The number of likely N-dealkylation sites (tertiary alicyclic amines) is 1. The Bertz CT molecular complexity index is 603. The summed E-state index contributed by atoms with van der Waals surface area (Å²) in [6.07, 6.45) is 1.28. The summed E-state index contributed by atoms with van der Waals surface area (Å²) in [6.45, 7) is 5.42. The maximum absolute atomic E-state index is 5.38. The SMILES string of the molecule is Cl.c1ccc(-c2nc(CN3CCC4CNCC4C3)no2)cc1. The Morgan fingerprint density at radius 1 is 1.18 bits per heavy atom. The van der Waals surface area contributed by atoms with E-state index in [1.807, 2.05) is 30.3 Å². The van der Waals surface area contributed by atoms with Gasteiger partial charge in [-0.25, -0.2) is 0 Å². The van der Waals surface area contributed by atoms with E-state index in [0.717, 1.165) is 49.4 Å². The number of nitrogens with one attached hydrogen (secondary N) is 1. The monoisotopic (exact) mass is 320 g/mol. The average Bonchev–Trinajstić information content (AvgIpc) is 3.17. The number of benzene rings is 1. The van der Waals surface area contributed by atoms with Gasteiger partial charge in [0.2, 0.25) is 0 Å². The van der Waals surface area contributed by atoms with E-state index in [-0.39, 0.29) is 12.4 Å². The lowest BCUT2D eigenvalue weighted by Crippen LogP contribution is -2.39. The van der Waals surface area contributed by atoms with E-state index in [1.54, 1.807) is 0 Å². The molecule has 1 aromatic heterocycles. The smallest absolute Gasteiger partial charge is 0.257 e. The Morgan fingerprint density at radius 3 is 2.86 bits per heavy atom. The van der Waals surface area contributed by atoms with Crippen molar-refractivity contribution in [3.8, 4) is 11.5 Å². The molecule has 2 atom stereocenters. The molecule has 2 saturated heterocycles. The first-order valence-corrected chi connectivity index (χ1v) is 7.69. The van der Waals surface area contributed by atoms with Crippen LogP contribution < -0.4 is 5.32 Å². The van der Waals surface area contributed by atoms with Gasteiger partial charge in [0.1, 0.15) is 0 Å². The lowest BCUT2D eigenvalue weighted by atomic mass is 9.89. The zero-order valence-electron chi connectivity index (χ0n) is 12.4. The molecule has 2 aliphatic heterocycles. The summed E-state index contributed by atoms with van der Waals surface area (Å²) in [7, 11) is 0. The molecule has 0 radical (unpaired) electrons. The fourth-order valence-corrected chi connectivity index (χ4v) is 3.47.